The van der Waals surface area contributed by atoms with Crippen molar-refractivity contribution in [2.75, 3.05) is 6.61 Å². The summed E-state index contributed by atoms with van der Waals surface area (Å²) in [6, 6.07) is 2.68. The van der Waals surface area contributed by atoms with Crippen molar-refractivity contribution in [1.29, 1.82) is 0 Å². The van der Waals surface area contributed by atoms with E-state index >= 15 is 0 Å². The summed E-state index contributed by atoms with van der Waals surface area (Å²) in [5, 5.41) is 4.94. The van der Waals surface area contributed by atoms with E-state index in [4.69, 9.17) is 10.5 Å². The van der Waals surface area contributed by atoms with Crippen molar-refractivity contribution in [3.8, 4) is 0 Å². The smallest absolute Gasteiger partial charge is 0.332 e. The van der Waals surface area contributed by atoms with Gasteiger partial charge in [-0.05, 0) is 37.1 Å². The summed E-state index contributed by atoms with van der Waals surface area (Å²) in [6.07, 6.45) is 4.56. The lowest BCUT2D eigenvalue weighted by atomic mass is 9.96. The number of thiophene rings is 1. The van der Waals surface area contributed by atoms with Gasteiger partial charge in [0.25, 0.3) is 0 Å². The van der Waals surface area contributed by atoms with Crippen molar-refractivity contribution < 1.29 is 14.3 Å². The number of nitrogens with two attached hydrogens (primary N) is 1. The highest BCUT2D eigenvalue weighted by atomic mass is 32.1. The molecule has 1 fully saturated rings. The van der Waals surface area contributed by atoms with Crippen LogP contribution in [0.15, 0.2) is 17.5 Å². The van der Waals surface area contributed by atoms with E-state index in [1.54, 1.807) is 18.3 Å². The molecule has 5 nitrogen and oxygen atoms in total. The van der Waals surface area contributed by atoms with E-state index in [2.05, 4.69) is 5.32 Å². The van der Waals surface area contributed by atoms with Crippen LogP contribution < -0.4 is 11.1 Å². The Morgan fingerprint density at radius 1 is 1.48 bits per heavy atom. The molecule has 1 amide bonds. The first kappa shape index (κ1) is 16.0. The summed E-state index contributed by atoms with van der Waals surface area (Å²) in [6.45, 7) is 1.91. The number of carbonyl (C=O) groups excluding carboxylic acids is 2. The molecule has 0 saturated heterocycles. The molecule has 2 atom stereocenters. The van der Waals surface area contributed by atoms with Crippen molar-refractivity contribution in [3.05, 3.63) is 22.4 Å². The van der Waals surface area contributed by atoms with Gasteiger partial charge in [-0.1, -0.05) is 18.9 Å². The summed E-state index contributed by atoms with van der Waals surface area (Å²) >= 11 is 1.62. The zero-order valence-corrected chi connectivity index (χ0v) is 13.0. The Morgan fingerprint density at radius 2 is 2.19 bits per heavy atom. The highest BCUT2D eigenvalue weighted by Gasteiger charge is 2.32. The van der Waals surface area contributed by atoms with Gasteiger partial charge in [-0.15, -0.1) is 11.3 Å². The van der Waals surface area contributed by atoms with E-state index in [1.807, 2.05) is 17.5 Å². The maximum absolute atomic E-state index is 12.2. The summed E-state index contributed by atoms with van der Waals surface area (Å²) in [4.78, 5) is 24.9. The molecule has 116 valence electrons. The normalized spacial score (nSPS) is 18.2. The summed E-state index contributed by atoms with van der Waals surface area (Å²) in [5.41, 5.74) is 5.66. The van der Waals surface area contributed by atoms with E-state index in [0.29, 0.717) is 5.92 Å². The van der Waals surface area contributed by atoms with Crippen LogP contribution in [0.3, 0.4) is 0 Å². The molecule has 0 spiro atoms. The monoisotopic (exact) mass is 310 g/mol. The number of rotatable bonds is 6. The van der Waals surface area contributed by atoms with Crippen LogP contribution in [0.25, 0.3) is 0 Å². The fourth-order valence-corrected chi connectivity index (χ4v) is 3.63. The summed E-state index contributed by atoms with van der Waals surface area (Å²) in [5.74, 6) is -0.716. The van der Waals surface area contributed by atoms with E-state index in [9.17, 15) is 9.59 Å². The van der Waals surface area contributed by atoms with Gasteiger partial charge in [-0.2, -0.15) is 0 Å². The third-order valence-electron chi connectivity index (χ3n) is 3.84. The summed E-state index contributed by atoms with van der Waals surface area (Å²) in [7, 11) is 0. The Hall–Kier alpha value is -1.40. The number of ether oxygens (including phenoxy) is 1. The molecule has 1 aromatic rings. The molecule has 2 rings (SSSR count). The molecule has 1 saturated carbocycles. The second kappa shape index (κ2) is 7.56. The lowest BCUT2D eigenvalue weighted by Gasteiger charge is -2.25. The number of amides is 1. The molecule has 21 heavy (non-hydrogen) atoms. The van der Waals surface area contributed by atoms with Crippen LogP contribution in [0.2, 0.25) is 0 Å². The predicted octanol–water partition coefficient (Wildman–Crippen LogP) is 1.99. The van der Waals surface area contributed by atoms with E-state index in [0.717, 1.165) is 17.7 Å². The first-order valence-electron chi connectivity index (χ1n) is 7.39. The third kappa shape index (κ3) is 4.04. The second-order valence-electron chi connectivity index (χ2n) is 5.28. The summed E-state index contributed by atoms with van der Waals surface area (Å²) < 4.78 is 4.80. The van der Waals surface area contributed by atoms with Gasteiger partial charge in [0, 0.05) is 4.88 Å². The number of esters is 1. The topological polar surface area (TPSA) is 81.4 Å². The van der Waals surface area contributed by atoms with Gasteiger partial charge in [0.15, 0.2) is 6.04 Å². The average Bonchev–Trinajstić information content (AvgIpc) is 3.16. The Labute approximate surface area is 128 Å². The average molecular weight is 310 g/mol. The second-order valence-corrected chi connectivity index (χ2v) is 6.26. The van der Waals surface area contributed by atoms with Crippen molar-refractivity contribution in [2.24, 2.45) is 11.7 Å². The zero-order chi connectivity index (χ0) is 15.2. The maximum atomic E-state index is 12.2. The molecule has 0 aliphatic heterocycles. The number of carbonyl (C=O) groups is 2. The van der Waals surface area contributed by atoms with Crippen molar-refractivity contribution in [2.45, 2.75) is 44.7 Å². The quantitative estimate of drug-likeness (QED) is 0.622. The van der Waals surface area contributed by atoms with Gasteiger partial charge in [0.2, 0.25) is 5.91 Å². The minimum absolute atomic E-state index is 0.0551. The van der Waals surface area contributed by atoms with Crippen molar-refractivity contribution in [3.63, 3.8) is 0 Å². The van der Waals surface area contributed by atoms with E-state index in [1.165, 1.54) is 12.8 Å². The molecule has 1 aliphatic rings. The molecule has 1 aromatic heterocycles. The lowest BCUT2D eigenvalue weighted by molar-refractivity contribution is -0.148. The van der Waals surface area contributed by atoms with Crippen LogP contribution in [-0.4, -0.2) is 24.5 Å². The molecule has 2 unspecified atom stereocenters. The highest BCUT2D eigenvalue weighted by Crippen LogP contribution is 2.37. The molecule has 0 radical (unpaired) electrons. The number of nitrogens with one attached hydrogen (secondary N) is 1. The first-order chi connectivity index (χ1) is 10.1. The van der Waals surface area contributed by atoms with Crippen LogP contribution in [0.1, 0.15) is 43.5 Å². The third-order valence-corrected chi connectivity index (χ3v) is 4.80. The molecule has 6 heteroatoms. The molecule has 1 aliphatic carbocycles. The highest BCUT2D eigenvalue weighted by molar-refractivity contribution is 7.10. The standard InChI is InChI=1S/C15H22N2O3S/c1-2-20-15(19)12(16)14(18)17-13(10-6-3-4-7-10)11-8-5-9-21-11/h5,8-10,12-13H,2-4,6-7,16H2,1H3,(H,17,18). The molecular weight excluding hydrogens is 288 g/mol. The lowest BCUT2D eigenvalue weighted by Crippen LogP contribution is -2.48. The van der Waals surface area contributed by atoms with Crippen LogP contribution in [0, 0.1) is 5.92 Å². The molecular formula is C15H22N2O3S. The van der Waals surface area contributed by atoms with Gasteiger partial charge in [-0.25, -0.2) is 4.79 Å². The fourth-order valence-electron chi connectivity index (χ4n) is 2.76. The van der Waals surface area contributed by atoms with Gasteiger partial charge < -0.3 is 15.8 Å². The van der Waals surface area contributed by atoms with Gasteiger partial charge >= 0.3 is 5.97 Å². The Kier molecular flexibility index (Phi) is 5.76. The minimum atomic E-state index is -1.26. The SMILES string of the molecule is CCOC(=O)C(N)C(=O)NC(c1cccs1)C1CCCC1. The van der Waals surface area contributed by atoms with Gasteiger partial charge in [-0.3, -0.25) is 4.79 Å². The van der Waals surface area contributed by atoms with Crippen molar-refractivity contribution >= 4 is 23.2 Å². The van der Waals surface area contributed by atoms with Crippen LogP contribution >= 0.6 is 11.3 Å². The minimum Gasteiger partial charge on any atom is -0.464 e. The van der Waals surface area contributed by atoms with Crippen LogP contribution in [0.5, 0.6) is 0 Å². The van der Waals surface area contributed by atoms with Crippen LogP contribution in [0.4, 0.5) is 0 Å². The van der Waals surface area contributed by atoms with Gasteiger partial charge in [0.05, 0.1) is 12.6 Å². The number of hydrogen-bond acceptors (Lipinski definition) is 5. The zero-order valence-electron chi connectivity index (χ0n) is 12.2. The van der Waals surface area contributed by atoms with Crippen molar-refractivity contribution in [1.82, 2.24) is 5.32 Å². The predicted molar refractivity (Wildman–Crippen MR) is 81.8 cm³/mol. The van der Waals surface area contributed by atoms with E-state index < -0.39 is 17.9 Å². The fraction of sp³-hybridized carbons (Fsp3) is 0.600. The first-order valence-corrected chi connectivity index (χ1v) is 8.27. The molecule has 3 N–H and O–H groups in total. The Morgan fingerprint density at radius 3 is 2.76 bits per heavy atom. The number of hydrogen-bond donors (Lipinski definition) is 2. The van der Waals surface area contributed by atoms with Crippen LogP contribution in [-0.2, 0) is 14.3 Å². The van der Waals surface area contributed by atoms with Gasteiger partial charge in [0.1, 0.15) is 0 Å². The Bertz CT molecular complexity index is 469. The Balaban J connectivity index is 2.04. The molecule has 0 aromatic carbocycles. The van der Waals surface area contributed by atoms with E-state index in [-0.39, 0.29) is 12.6 Å². The largest absolute Gasteiger partial charge is 0.464 e. The maximum Gasteiger partial charge on any atom is 0.332 e. The molecule has 1 heterocycles. The molecule has 0 bridgehead atoms.